The predicted octanol–water partition coefficient (Wildman–Crippen LogP) is 1.61. The molecule has 0 atom stereocenters. The topological polar surface area (TPSA) is 43.4 Å². The van der Waals surface area contributed by atoms with Crippen LogP contribution in [0.4, 0.5) is 8.78 Å². The molecule has 3 nitrogen and oxygen atoms in total. The van der Waals surface area contributed by atoms with E-state index in [1.54, 1.807) is 0 Å². The molecule has 78 valence electrons. The summed E-state index contributed by atoms with van der Waals surface area (Å²) in [5, 5.41) is 0. The summed E-state index contributed by atoms with van der Waals surface area (Å²) in [5.74, 6) is -2.06. The van der Waals surface area contributed by atoms with E-state index in [2.05, 4.69) is 4.18 Å². The van der Waals surface area contributed by atoms with E-state index in [4.69, 9.17) is 0 Å². The van der Waals surface area contributed by atoms with Gasteiger partial charge in [0.25, 0.3) is 0 Å². The summed E-state index contributed by atoms with van der Waals surface area (Å²) in [6, 6.07) is 1.64. The molecule has 0 heterocycles. The summed E-state index contributed by atoms with van der Waals surface area (Å²) in [6.45, 7) is 1.24. The Balaban J connectivity index is 3.14. The molecule has 0 N–H and O–H groups in total. The number of halogens is 2. The van der Waals surface area contributed by atoms with Gasteiger partial charge in [0.1, 0.15) is 17.4 Å². The van der Waals surface area contributed by atoms with Crippen LogP contribution < -0.4 is 4.18 Å². The maximum absolute atomic E-state index is 12.9. The molecule has 0 amide bonds. The van der Waals surface area contributed by atoms with Crippen molar-refractivity contribution in [3.8, 4) is 5.75 Å². The van der Waals surface area contributed by atoms with Crippen molar-refractivity contribution in [3.63, 3.8) is 0 Å². The van der Waals surface area contributed by atoms with Crippen LogP contribution in [-0.2, 0) is 10.1 Å². The second-order valence-corrected chi connectivity index (χ2v) is 4.37. The van der Waals surface area contributed by atoms with Crippen molar-refractivity contribution in [1.29, 1.82) is 0 Å². The standard InChI is InChI=1S/C8H8F2O3S/c1-5-7(9)3-6(4-8(5)10)13-14(2,11)12/h3-4H,1-2H3. The molecule has 0 radical (unpaired) electrons. The van der Waals surface area contributed by atoms with Crippen LogP contribution in [0.1, 0.15) is 5.56 Å². The summed E-state index contributed by atoms with van der Waals surface area (Å²) in [4.78, 5) is 0. The first-order chi connectivity index (χ1) is 6.29. The second-order valence-electron chi connectivity index (χ2n) is 2.80. The van der Waals surface area contributed by atoms with Gasteiger partial charge in [-0.3, -0.25) is 0 Å². The lowest BCUT2D eigenvalue weighted by molar-refractivity contribution is 0.483. The van der Waals surface area contributed by atoms with E-state index in [1.807, 2.05) is 0 Å². The van der Waals surface area contributed by atoms with Crippen LogP contribution in [0.25, 0.3) is 0 Å². The Morgan fingerprint density at radius 1 is 1.21 bits per heavy atom. The highest BCUT2D eigenvalue weighted by Gasteiger charge is 2.10. The van der Waals surface area contributed by atoms with Crippen LogP contribution in [0, 0.1) is 18.6 Å². The lowest BCUT2D eigenvalue weighted by Crippen LogP contribution is -2.06. The predicted molar refractivity (Wildman–Crippen MR) is 46.6 cm³/mol. The van der Waals surface area contributed by atoms with Gasteiger partial charge in [-0.05, 0) is 6.92 Å². The van der Waals surface area contributed by atoms with E-state index in [9.17, 15) is 17.2 Å². The fraction of sp³-hybridized carbons (Fsp3) is 0.250. The smallest absolute Gasteiger partial charge is 0.306 e. The maximum atomic E-state index is 12.9. The Morgan fingerprint density at radius 2 is 1.64 bits per heavy atom. The van der Waals surface area contributed by atoms with Gasteiger partial charge in [-0.25, -0.2) is 8.78 Å². The quantitative estimate of drug-likeness (QED) is 0.714. The maximum Gasteiger partial charge on any atom is 0.306 e. The molecule has 14 heavy (non-hydrogen) atoms. The van der Waals surface area contributed by atoms with Gasteiger partial charge in [0.15, 0.2) is 0 Å². The summed E-state index contributed by atoms with van der Waals surface area (Å²) in [7, 11) is -3.76. The Hall–Kier alpha value is -1.17. The molecule has 0 unspecified atom stereocenters. The fourth-order valence-corrected chi connectivity index (χ4v) is 1.29. The monoisotopic (exact) mass is 222 g/mol. The average Bonchev–Trinajstić information content (AvgIpc) is 1.96. The fourth-order valence-electron chi connectivity index (χ4n) is 0.845. The number of rotatable bonds is 2. The molecule has 1 aromatic rings. The highest BCUT2D eigenvalue weighted by molar-refractivity contribution is 7.86. The number of benzene rings is 1. The SMILES string of the molecule is Cc1c(F)cc(OS(C)(=O)=O)cc1F. The summed E-state index contributed by atoms with van der Waals surface area (Å²) in [5.41, 5.74) is -0.175. The first-order valence-electron chi connectivity index (χ1n) is 3.65. The van der Waals surface area contributed by atoms with Crippen molar-refractivity contribution in [2.45, 2.75) is 6.92 Å². The number of hydrogen-bond donors (Lipinski definition) is 0. The second kappa shape index (κ2) is 3.53. The van der Waals surface area contributed by atoms with Crippen LogP contribution >= 0.6 is 0 Å². The lowest BCUT2D eigenvalue weighted by atomic mass is 10.2. The molecule has 0 bridgehead atoms. The average molecular weight is 222 g/mol. The first kappa shape index (κ1) is 10.9. The lowest BCUT2D eigenvalue weighted by Gasteiger charge is -2.04. The third-order valence-electron chi connectivity index (χ3n) is 1.50. The molecular weight excluding hydrogens is 214 g/mol. The molecule has 0 aliphatic rings. The minimum Gasteiger partial charge on any atom is -0.382 e. The molecule has 0 aromatic heterocycles. The Morgan fingerprint density at radius 3 is 2.00 bits per heavy atom. The third kappa shape index (κ3) is 2.66. The number of hydrogen-bond acceptors (Lipinski definition) is 3. The zero-order valence-electron chi connectivity index (χ0n) is 7.54. The van der Waals surface area contributed by atoms with Gasteiger partial charge in [-0.15, -0.1) is 0 Å². The Kier molecular flexibility index (Phi) is 2.75. The van der Waals surface area contributed by atoms with Crippen LogP contribution in [0.2, 0.25) is 0 Å². The third-order valence-corrected chi connectivity index (χ3v) is 2.00. The molecule has 0 fully saturated rings. The molecule has 0 saturated carbocycles. The molecule has 0 aliphatic carbocycles. The largest absolute Gasteiger partial charge is 0.382 e. The molecule has 0 aliphatic heterocycles. The van der Waals surface area contributed by atoms with Crippen molar-refractivity contribution in [1.82, 2.24) is 0 Å². The Labute approximate surface area is 80.4 Å². The summed E-state index contributed by atoms with van der Waals surface area (Å²) < 4.78 is 51.4. The zero-order chi connectivity index (χ0) is 10.9. The first-order valence-corrected chi connectivity index (χ1v) is 5.46. The van der Waals surface area contributed by atoms with Gasteiger partial charge in [-0.2, -0.15) is 8.42 Å². The van der Waals surface area contributed by atoms with Gasteiger partial charge < -0.3 is 4.18 Å². The van der Waals surface area contributed by atoms with E-state index < -0.39 is 21.8 Å². The van der Waals surface area contributed by atoms with E-state index in [0.717, 1.165) is 18.4 Å². The summed E-state index contributed by atoms with van der Waals surface area (Å²) >= 11 is 0. The van der Waals surface area contributed by atoms with E-state index in [0.29, 0.717) is 0 Å². The van der Waals surface area contributed by atoms with E-state index in [-0.39, 0.29) is 11.3 Å². The molecule has 0 saturated heterocycles. The van der Waals surface area contributed by atoms with Crippen molar-refractivity contribution in [3.05, 3.63) is 29.3 Å². The van der Waals surface area contributed by atoms with Gasteiger partial charge in [0.05, 0.1) is 6.26 Å². The highest BCUT2D eigenvalue weighted by Crippen LogP contribution is 2.20. The van der Waals surface area contributed by atoms with Gasteiger partial charge >= 0.3 is 10.1 Å². The van der Waals surface area contributed by atoms with Gasteiger partial charge in [0, 0.05) is 17.7 Å². The van der Waals surface area contributed by atoms with E-state index >= 15 is 0 Å². The molecule has 0 spiro atoms. The molecule has 1 aromatic carbocycles. The molecule has 1 rings (SSSR count). The van der Waals surface area contributed by atoms with Crippen LogP contribution in [0.3, 0.4) is 0 Å². The highest BCUT2D eigenvalue weighted by atomic mass is 32.2. The van der Waals surface area contributed by atoms with Crippen LogP contribution in [0.5, 0.6) is 5.75 Å². The van der Waals surface area contributed by atoms with Crippen LogP contribution in [-0.4, -0.2) is 14.7 Å². The van der Waals surface area contributed by atoms with Crippen molar-refractivity contribution in [2.24, 2.45) is 0 Å². The summed E-state index contributed by atoms with van der Waals surface area (Å²) in [6.07, 6.45) is 0.794. The Bertz CT molecular complexity index is 431. The zero-order valence-corrected chi connectivity index (χ0v) is 8.36. The van der Waals surface area contributed by atoms with Crippen molar-refractivity contribution < 1.29 is 21.4 Å². The van der Waals surface area contributed by atoms with Crippen molar-refractivity contribution in [2.75, 3.05) is 6.26 Å². The minimum atomic E-state index is -3.76. The minimum absolute atomic E-state index is 0.175. The van der Waals surface area contributed by atoms with Crippen molar-refractivity contribution >= 4 is 10.1 Å². The molecular formula is C8H8F2O3S. The van der Waals surface area contributed by atoms with E-state index in [1.165, 1.54) is 6.92 Å². The molecule has 6 heteroatoms. The van der Waals surface area contributed by atoms with Gasteiger partial charge in [0.2, 0.25) is 0 Å². The van der Waals surface area contributed by atoms with Gasteiger partial charge in [-0.1, -0.05) is 0 Å². The normalized spacial score (nSPS) is 11.4. The van der Waals surface area contributed by atoms with Crippen LogP contribution in [0.15, 0.2) is 12.1 Å².